The van der Waals surface area contributed by atoms with Crippen molar-refractivity contribution >= 4 is 46.4 Å². The van der Waals surface area contributed by atoms with Gasteiger partial charge in [0.15, 0.2) is 0 Å². The normalized spacial score (nSPS) is 15.6. The maximum Gasteiger partial charge on any atom is 0.416 e. The summed E-state index contributed by atoms with van der Waals surface area (Å²) in [6.07, 6.45) is -3.92. The zero-order valence-electron chi connectivity index (χ0n) is 20.2. The lowest BCUT2D eigenvalue weighted by Gasteiger charge is -2.38. The van der Waals surface area contributed by atoms with Gasteiger partial charge in [-0.3, -0.25) is 9.59 Å². The van der Waals surface area contributed by atoms with Gasteiger partial charge < -0.3 is 9.80 Å². The molecule has 0 radical (unpaired) electrons. The van der Waals surface area contributed by atoms with Gasteiger partial charge in [-0.25, -0.2) is 0 Å². The van der Waals surface area contributed by atoms with Gasteiger partial charge in [0.05, 0.1) is 11.6 Å². The van der Waals surface area contributed by atoms with E-state index in [1.807, 2.05) is 25.3 Å². The second-order valence-corrected chi connectivity index (χ2v) is 11.2. The smallest absolute Gasteiger partial charge is 0.330 e. The Bertz CT molecular complexity index is 1310. The lowest BCUT2D eigenvalue weighted by Crippen LogP contribution is -2.47. The van der Waals surface area contributed by atoms with Gasteiger partial charge in [-0.1, -0.05) is 49.2 Å². The van der Waals surface area contributed by atoms with E-state index in [-0.39, 0.29) is 30.5 Å². The van der Waals surface area contributed by atoms with Crippen molar-refractivity contribution in [2.24, 2.45) is 5.92 Å². The third-order valence-electron chi connectivity index (χ3n) is 6.18. The van der Waals surface area contributed by atoms with E-state index in [0.29, 0.717) is 23.0 Å². The highest BCUT2D eigenvalue weighted by Gasteiger charge is 2.36. The van der Waals surface area contributed by atoms with Crippen LogP contribution in [0, 0.1) is 5.92 Å². The van der Waals surface area contributed by atoms with Gasteiger partial charge in [0.25, 0.3) is 5.91 Å². The number of alkyl halides is 3. The molecule has 2 heterocycles. The van der Waals surface area contributed by atoms with E-state index in [1.165, 1.54) is 17.0 Å². The number of hydrogen-bond acceptors (Lipinski definition) is 3. The highest BCUT2D eigenvalue weighted by atomic mass is 35.5. The summed E-state index contributed by atoms with van der Waals surface area (Å²) in [5, 5.41) is 2.87. The summed E-state index contributed by atoms with van der Waals surface area (Å²) in [4.78, 5) is 31.2. The van der Waals surface area contributed by atoms with E-state index in [2.05, 4.69) is 0 Å². The molecule has 0 fully saturated rings. The monoisotopic (exact) mass is 568 g/mol. The van der Waals surface area contributed by atoms with E-state index in [1.54, 1.807) is 34.4 Å². The molecule has 1 aliphatic heterocycles. The summed E-state index contributed by atoms with van der Waals surface area (Å²) in [6.45, 7) is 4.12. The molecule has 1 aromatic heterocycles. The fourth-order valence-electron chi connectivity index (χ4n) is 4.57. The van der Waals surface area contributed by atoms with Crippen LogP contribution in [0.25, 0.3) is 0 Å². The Hall–Kier alpha value is -2.55. The van der Waals surface area contributed by atoms with Crippen LogP contribution < -0.4 is 0 Å². The number of amides is 2. The summed E-state index contributed by atoms with van der Waals surface area (Å²) in [5.41, 5.74) is 0.666. The van der Waals surface area contributed by atoms with Gasteiger partial charge in [0.2, 0.25) is 5.91 Å². The highest BCUT2D eigenvalue weighted by Crippen LogP contribution is 2.41. The molecular weight excluding hydrogens is 544 g/mol. The Morgan fingerprint density at radius 1 is 1.11 bits per heavy atom. The van der Waals surface area contributed by atoms with Crippen LogP contribution in [0.4, 0.5) is 13.2 Å². The van der Waals surface area contributed by atoms with Gasteiger partial charge in [0, 0.05) is 33.6 Å². The molecule has 0 saturated heterocycles. The Labute approximate surface area is 227 Å². The van der Waals surface area contributed by atoms with Crippen LogP contribution >= 0.6 is 34.5 Å². The molecule has 4 rings (SSSR count). The third-order valence-corrected chi connectivity index (χ3v) is 7.74. The molecule has 10 heteroatoms. The Morgan fingerprint density at radius 3 is 2.54 bits per heavy atom. The maximum absolute atomic E-state index is 13.7. The Balaban J connectivity index is 1.65. The van der Waals surface area contributed by atoms with E-state index in [0.717, 1.165) is 28.1 Å². The number of fused-ring (bicyclic) bond motifs is 1. The minimum Gasteiger partial charge on any atom is -0.330 e. The predicted octanol–water partition coefficient (Wildman–Crippen LogP) is 7.35. The van der Waals surface area contributed by atoms with Gasteiger partial charge >= 0.3 is 6.18 Å². The van der Waals surface area contributed by atoms with Crippen molar-refractivity contribution in [3.05, 3.63) is 91.1 Å². The summed E-state index contributed by atoms with van der Waals surface area (Å²) in [7, 11) is 0. The van der Waals surface area contributed by atoms with E-state index >= 15 is 0 Å². The largest absolute Gasteiger partial charge is 0.416 e. The molecule has 1 atom stereocenters. The number of hydrogen-bond donors (Lipinski definition) is 0. The molecule has 1 unspecified atom stereocenters. The molecule has 2 aromatic carbocycles. The molecule has 196 valence electrons. The van der Waals surface area contributed by atoms with Gasteiger partial charge in [-0.15, -0.1) is 11.3 Å². The molecule has 0 aliphatic carbocycles. The van der Waals surface area contributed by atoms with Crippen molar-refractivity contribution in [1.29, 1.82) is 0 Å². The minimum atomic E-state index is -4.58. The average molecular weight is 569 g/mol. The van der Waals surface area contributed by atoms with Crippen LogP contribution in [0.3, 0.4) is 0 Å². The number of nitrogens with zero attached hydrogens (tertiary/aromatic N) is 2. The standard InChI is InChI=1S/C27H25Cl2F3N2O2S/c1-16(2)14-33(26(36)17-4-3-5-18(12-17)27(30,31)32)15-24(35)34-10-8-23-21(9-11-37-23)25(34)20-7-6-19(28)13-22(20)29/h3-7,9,11-13,16,25H,8,10,14-15H2,1-2H3. The van der Waals surface area contributed by atoms with Crippen LogP contribution in [0.15, 0.2) is 53.9 Å². The first-order valence-electron chi connectivity index (χ1n) is 11.7. The number of rotatable bonds is 6. The first-order chi connectivity index (χ1) is 17.5. The Kier molecular flexibility index (Phi) is 8.21. The molecule has 1 aliphatic rings. The van der Waals surface area contributed by atoms with Gasteiger partial charge in [-0.2, -0.15) is 13.2 Å². The van der Waals surface area contributed by atoms with Crippen molar-refractivity contribution in [2.75, 3.05) is 19.6 Å². The fraction of sp³-hybridized carbons (Fsp3) is 0.333. The zero-order valence-corrected chi connectivity index (χ0v) is 22.5. The van der Waals surface area contributed by atoms with E-state index in [4.69, 9.17) is 23.2 Å². The van der Waals surface area contributed by atoms with Gasteiger partial charge in [-0.05, 0) is 65.2 Å². The topological polar surface area (TPSA) is 40.6 Å². The van der Waals surface area contributed by atoms with Crippen molar-refractivity contribution in [3.8, 4) is 0 Å². The first kappa shape index (κ1) is 27.5. The molecule has 2 amide bonds. The van der Waals surface area contributed by atoms with E-state index in [9.17, 15) is 22.8 Å². The third kappa shape index (κ3) is 6.13. The predicted molar refractivity (Wildman–Crippen MR) is 140 cm³/mol. The quantitative estimate of drug-likeness (QED) is 0.312. The lowest BCUT2D eigenvalue weighted by molar-refractivity contribution is -0.137. The minimum absolute atomic E-state index is 0.00566. The summed E-state index contributed by atoms with van der Waals surface area (Å²) < 4.78 is 39.7. The molecule has 0 N–H and O–H groups in total. The van der Waals surface area contributed by atoms with Crippen LogP contribution in [0.1, 0.15) is 51.8 Å². The number of halogens is 5. The Morgan fingerprint density at radius 2 is 1.86 bits per heavy atom. The van der Waals surface area contributed by atoms with Crippen LogP contribution in [-0.4, -0.2) is 41.2 Å². The SMILES string of the molecule is CC(C)CN(CC(=O)N1CCc2sccc2C1c1ccc(Cl)cc1Cl)C(=O)c1cccc(C(F)(F)F)c1. The highest BCUT2D eigenvalue weighted by molar-refractivity contribution is 7.10. The number of carbonyl (C=O) groups is 2. The molecule has 0 spiro atoms. The molecule has 0 saturated carbocycles. The lowest BCUT2D eigenvalue weighted by atomic mass is 9.93. The molecule has 4 nitrogen and oxygen atoms in total. The number of carbonyl (C=O) groups excluding carboxylic acids is 2. The number of benzene rings is 2. The van der Waals surface area contributed by atoms with Crippen LogP contribution in [-0.2, 0) is 17.4 Å². The molecule has 0 bridgehead atoms. The summed E-state index contributed by atoms with van der Waals surface area (Å²) in [6, 6.07) is 10.9. The molecule has 37 heavy (non-hydrogen) atoms. The molecular formula is C27H25Cl2F3N2O2S. The number of thiophene rings is 1. The average Bonchev–Trinajstić information content (AvgIpc) is 3.31. The maximum atomic E-state index is 13.7. The van der Waals surface area contributed by atoms with Crippen LogP contribution in [0.2, 0.25) is 10.0 Å². The second kappa shape index (κ2) is 11.1. The van der Waals surface area contributed by atoms with Crippen molar-refractivity contribution in [2.45, 2.75) is 32.5 Å². The van der Waals surface area contributed by atoms with E-state index < -0.39 is 23.7 Å². The van der Waals surface area contributed by atoms with Crippen LogP contribution in [0.5, 0.6) is 0 Å². The van der Waals surface area contributed by atoms with Crippen molar-refractivity contribution in [3.63, 3.8) is 0 Å². The zero-order chi connectivity index (χ0) is 26.9. The molecule has 3 aromatic rings. The van der Waals surface area contributed by atoms with Crippen molar-refractivity contribution < 1.29 is 22.8 Å². The summed E-state index contributed by atoms with van der Waals surface area (Å²) >= 11 is 14.3. The second-order valence-electron chi connectivity index (χ2n) is 9.36. The van der Waals surface area contributed by atoms with Gasteiger partial charge in [0.1, 0.15) is 6.54 Å². The summed E-state index contributed by atoms with van der Waals surface area (Å²) in [5.74, 6) is -0.940. The van der Waals surface area contributed by atoms with Crippen molar-refractivity contribution in [1.82, 2.24) is 9.80 Å². The fourth-order valence-corrected chi connectivity index (χ4v) is 5.98. The first-order valence-corrected chi connectivity index (χ1v) is 13.4.